The Hall–Kier alpha value is -1.42. The standard InChI is InChI=1S/C17H23N3O/c1-16(2)12-5-4-11-10-20-14(7-9-18-20)19-15(11)17(12,3)8-6-13(16)21/h7,9-10,12-13,21H,4-6,8H2,1-3H3/t12-,13?,17-/m0/s1. The van der Waals surface area contributed by atoms with Crippen LogP contribution in [0, 0.1) is 11.3 Å². The molecule has 2 heterocycles. The second-order valence-electron chi connectivity index (χ2n) is 7.63. The summed E-state index contributed by atoms with van der Waals surface area (Å²) in [5, 5.41) is 14.8. The maximum absolute atomic E-state index is 10.4. The fourth-order valence-electron chi connectivity index (χ4n) is 4.88. The third-order valence-corrected chi connectivity index (χ3v) is 6.16. The summed E-state index contributed by atoms with van der Waals surface area (Å²) in [6.07, 6.45) is 7.81. The molecular formula is C17H23N3O. The van der Waals surface area contributed by atoms with E-state index in [4.69, 9.17) is 4.98 Å². The number of aliphatic hydroxyl groups excluding tert-OH is 1. The lowest BCUT2D eigenvalue weighted by Crippen LogP contribution is -2.54. The van der Waals surface area contributed by atoms with Crippen LogP contribution in [0.4, 0.5) is 0 Å². The van der Waals surface area contributed by atoms with Gasteiger partial charge < -0.3 is 5.11 Å². The van der Waals surface area contributed by atoms with E-state index in [0.29, 0.717) is 5.92 Å². The number of hydrogen-bond acceptors (Lipinski definition) is 3. The van der Waals surface area contributed by atoms with Crippen LogP contribution in [0.25, 0.3) is 5.65 Å². The molecule has 1 fully saturated rings. The summed E-state index contributed by atoms with van der Waals surface area (Å²) >= 11 is 0. The van der Waals surface area contributed by atoms with Gasteiger partial charge >= 0.3 is 0 Å². The second-order valence-corrected chi connectivity index (χ2v) is 7.63. The summed E-state index contributed by atoms with van der Waals surface area (Å²) in [5.74, 6) is 0.485. The van der Waals surface area contributed by atoms with Crippen molar-refractivity contribution in [2.45, 2.75) is 58.0 Å². The van der Waals surface area contributed by atoms with Crippen molar-refractivity contribution >= 4 is 5.65 Å². The molecule has 1 unspecified atom stereocenters. The summed E-state index contributed by atoms with van der Waals surface area (Å²) in [5.41, 5.74) is 3.53. The van der Waals surface area contributed by atoms with E-state index in [1.807, 2.05) is 16.8 Å². The summed E-state index contributed by atoms with van der Waals surface area (Å²) in [6.45, 7) is 6.80. The van der Waals surface area contributed by atoms with Crippen LogP contribution in [-0.4, -0.2) is 25.8 Å². The number of aliphatic hydroxyl groups is 1. The molecular weight excluding hydrogens is 262 g/mol. The Morgan fingerprint density at radius 1 is 1.29 bits per heavy atom. The van der Waals surface area contributed by atoms with Gasteiger partial charge in [-0.25, -0.2) is 9.50 Å². The van der Waals surface area contributed by atoms with E-state index in [1.54, 1.807) is 0 Å². The second kappa shape index (κ2) is 4.07. The molecule has 2 aromatic rings. The molecule has 1 N–H and O–H groups in total. The minimum absolute atomic E-state index is 0.0429. The SMILES string of the molecule is CC1(C)C(O)CC[C@]2(C)c3nc4ccnn4cc3CC[C@@H]12. The Labute approximate surface area is 125 Å². The molecule has 2 aliphatic rings. The summed E-state index contributed by atoms with van der Waals surface area (Å²) < 4.78 is 1.88. The fraction of sp³-hybridized carbons (Fsp3) is 0.647. The minimum Gasteiger partial charge on any atom is -0.393 e. The Morgan fingerprint density at radius 3 is 2.90 bits per heavy atom. The molecule has 0 aliphatic heterocycles. The van der Waals surface area contributed by atoms with Crippen LogP contribution >= 0.6 is 0 Å². The largest absolute Gasteiger partial charge is 0.393 e. The first kappa shape index (κ1) is 13.3. The average molecular weight is 285 g/mol. The van der Waals surface area contributed by atoms with Gasteiger partial charge in [0, 0.05) is 17.7 Å². The fourth-order valence-corrected chi connectivity index (χ4v) is 4.88. The Bertz CT molecular complexity index is 705. The summed E-state index contributed by atoms with van der Waals surface area (Å²) in [6, 6.07) is 1.97. The third kappa shape index (κ3) is 1.65. The lowest BCUT2D eigenvalue weighted by Gasteiger charge is -2.55. The molecule has 3 atom stereocenters. The van der Waals surface area contributed by atoms with Gasteiger partial charge in [0.1, 0.15) is 0 Å². The van der Waals surface area contributed by atoms with Crippen molar-refractivity contribution in [3.8, 4) is 0 Å². The van der Waals surface area contributed by atoms with E-state index in [1.165, 1.54) is 11.3 Å². The Kier molecular flexibility index (Phi) is 2.57. The highest BCUT2D eigenvalue weighted by atomic mass is 16.3. The quantitative estimate of drug-likeness (QED) is 0.809. The highest BCUT2D eigenvalue weighted by Crippen LogP contribution is 2.56. The van der Waals surface area contributed by atoms with Gasteiger partial charge in [0.05, 0.1) is 18.0 Å². The number of nitrogens with zero attached hydrogens (tertiary/aromatic N) is 3. The van der Waals surface area contributed by atoms with Gasteiger partial charge in [0.25, 0.3) is 0 Å². The molecule has 0 aromatic carbocycles. The minimum atomic E-state index is -0.198. The monoisotopic (exact) mass is 285 g/mol. The van der Waals surface area contributed by atoms with E-state index in [9.17, 15) is 5.11 Å². The van der Waals surface area contributed by atoms with E-state index >= 15 is 0 Å². The van der Waals surface area contributed by atoms with Crippen LogP contribution < -0.4 is 0 Å². The van der Waals surface area contributed by atoms with Gasteiger partial charge in [-0.2, -0.15) is 5.10 Å². The third-order valence-electron chi connectivity index (χ3n) is 6.16. The van der Waals surface area contributed by atoms with Crippen LogP contribution in [0.1, 0.15) is 51.3 Å². The summed E-state index contributed by atoms with van der Waals surface area (Å²) in [4.78, 5) is 4.94. The molecule has 112 valence electrons. The van der Waals surface area contributed by atoms with Crippen molar-refractivity contribution in [2.24, 2.45) is 11.3 Å². The predicted octanol–water partition coefficient (Wildman–Crippen LogP) is 2.73. The van der Waals surface area contributed by atoms with Crippen LogP contribution in [0.5, 0.6) is 0 Å². The zero-order valence-electron chi connectivity index (χ0n) is 13.0. The number of fused-ring (bicyclic) bond motifs is 4. The number of rotatable bonds is 0. The zero-order valence-corrected chi connectivity index (χ0v) is 13.0. The van der Waals surface area contributed by atoms with Crippen LogP contribution in [0.15, 0.2) is 18.5 Å². The van der Waals surface area contributed by atoms with Crippen molar-refractivity contribution in [1.82, 2.24) is 14.6 Å². The van der Waals surface area contributed by atoms with Crippen molar-refractivity contribution in [2.75, 3.05) is 0 Å². The molecule has 4 heteroatoms. The van der Waals surface area contributed by atoms with Crippen molar-refractivity contribution in [3.63, 3.8) is 0 Å². The topological polar surface area (TPSA) is 50.4 Å². The van der Waals surface area contributed by atoms with E-state index in [-0.39, 0.29) is 16.9 Å². The molecule has 21 heavy (non-hydrogen) atoms. The van der Waals surface area contributed by atoms with Crippen molar-refractivity contribution in [1.29, 1.82) is 0 Å². The lowest BCUT2D eigenvalue weighted by molar-refractivity contribution is -0.0743. The highest BCUT2D eigenvalue weighted by molar-refractivity contribution is 5.43. The van der Waals surface area contributed by atoms with Gasteiger partial charge in [0.2, 0.25) is 0 Å². The molecule has 0 bridgehead atoms. The molecule has 0 spiro atoms. The van der Waals surface area contributed by atoms with Crippen LogP contribution in [0.3, 0.4) is 0 Å². The van der Waals surface area contributed by atoms with Crippen molar-refractivity contribution in [3.05, 3.63) is 29.7 Å². The maximum atomic E-state index is 10.4. The van der Waals surface area contributed by atoms with Crippen molar-refractivity contribution < 1.29 is 5.11 Å². The van der Waals surface area contributed by atoms with E-state index in [2.05, 4.69) is 32.1 Å². The first-order valence-corrected chi connectivity index (χ1v) is 7.95. The molecule has 1 saturated carbocycles. The van der Waals surface area contributed by atoms with Gasteiger partial charge in [0.15, 0.2) is 5.65 Å². The summed E-state index contributed by atoms with van der Waals surface area (Å²) in [7, 11) is 0. The molecule has 4 rings (SSSR count). The van der Waals surface area contributed by atoms with Crippen LogP contribution in [-0.2, 0) is 11.8 Å². The molecule has 2 aromatic heterocycles. The van der Waals surface area contributed by atoms with Gasteiger partial charge in [-0.3, -0.25) is 0 Å². The molecule has 0 saturated heterocycles. The molecule has 2 aliphatic carbocycles. The van der Waals surface area contributed by atoms with Gasteiger partial charge in [-0.15, -0.1) is 0 Å². The number of aryl methyl sites for hydroxylation is 1. The molecule has 0 amide bonds. The van der Waals surface area contributed by atoms with E-state index < -0.39 is 0 Å². The Morgan fingerprint density at radius 2 is 2.10 bits per heavy atom. The predicted molar refractivity (Wildman–Crippen MR) is 81.2 cm³/mol. The van der Waals surface area contributed by atoms with Gasteiger partial charge in [-0.1, -0.05) is 20.8 Å². The maximum Gasteiger partial charge on any atom is 0.155 e. The first-order chi connectivity index (χ1) is 9.93. The normalized spacial score (nSPS) is 34.5. The lowest BCUT2D eigenvalue weighted by atomic mass is 9.50. The average Bonchev–Trinajstić information content (AvgIpc) is 2.89. The highest BCUT2D eigenvalue weighted by Gasteiger charge is 2.54. The Balaban J connectivity index is 1.90. The number of hydrogen-bond donors (Lipinski definition) is 1. The van der Waals surface area contributed by atoms with E-state index in [0.717, 1.165) is 31.3 Å². The molecule has 4 nitrogen and oxygen atoms in total. The zero-order chi connectivity index (χ0) is 14.8. The van der Waals surface area contributed by atoms with Gasteiger partial charge in [-0.05, 0) is 42.6 Å². The smallest absolute Gasteiger partial charge is 0.155 e. The molecule has 0 radical (unpaired) electrons. The first-order valence-electron chi connectivity index (χ1n) is 7.95. The van der Waals surface area contributed by atoms with Crippen LogP contribution in [0.2, 0.25) is 0 Å². The number of aromatic nitrogens is 3.